The largest absolute Gasteiger partial charge is 0.494 e. The van der Waals surface area contributed by atoms with Gasteiger partial charge in [-0.15, -0.1) is 0 Å². The van der Waals surface area contributed by atoms with Crippen molar-refractivity contribution in [2.45, 2.75) is 39.7 Å². The van der Waals surface area contributed by atoms with Crippen LogP contribution in [-0.2, 0) is 0 Å². The van der Waals surface area contributed by atoms with E-state index in [1.54, 1.807) is 6.07 Å². The molecule has 0 heterocycles. The minimum Gasteiger partial charge on any atom is -0.494 e. The molecule has 0 saturated carbocycles. The zero-order chi connectivity index (χ0) is 21.9. The van der Waals surface area contributed by atoms with Crippen molar-refractivity contribution < 1.29 is 23.3 Å². The first kappa shape index (κ1) is 24.4. The van der Waals surface area contributed by atoms with Crippen LogP contribution in [0, 0.1) is 6.92 Å². The quantitative estimate of drug-likeness (QED) is 0.287. The molecule has 0 saturated heterocycles. The molecule has 0 bridgehead atoms. The van der Waals surface area contributed by atoms with Gasteiger partial charge in [0.2, 0.25) is 0 Å². The minimum atomic E-state index is -0.466. The van der Waals surface area contributed by atoms with Gasteiger partial charge < -0.3 is 18.9 Å². The van der Waals surface area contributed by atoms with E-state index in [0.717, 1.165) is 29.9 Å². The Hall–Kier alpha value is -1.92. The number of hydrogen-bond acceptors (Lipinski definition) is 4. The smallest absolute Gasteiger partial charge is 0.165 e. The lowest BCUT2D eigenvalue weighted by molar-refractivity contribution is 0.241. The molecular formula is C23H27BrClFO4. The van der Waals surface area contributed by atoms with Crippen LogP contribution in [-0.4, -0.2) is 25.9 Å². The number of rotatable bonds is 12. The molecule has 0 aliphatic heterocycles. The van der Waals surface area contributed by atoms with E-state index in [-0.39, 0.29) is 12.7 Å². The number of unbranched alkanes of at least 4 members (excludes halogenated alkanes) is 1. The highest BCUT2D eigenvalue weighted by atomic mass is 79.9. The van der Waals surface area contributed by atoms with Crippen molar-refractivity contribution in [3.8, 4) is 23.0 Å². The standard InChI is InChI=1S/C23H27BrClFO4/c1-16(2)30-19-8-6-18(7-9-19)27-11-4-5-12-29-23-17(3)14-20(15-21(23)25)28-13-10-22(24)26/h6-10,14-16H,4-5,11-13H2,1-3H3. The molecule has 0 atom stereocenters. The molecule has 0 radical (unpaired) electrons. The fourth-order valence-electron chi connectivity index (χ4n) is 2.62. The average Bonchev–Trinajstić information content (AvgIpc) is 2.67. The lowest BCUT2D eigenvalue weighted by atomic mass is 10.2. The lowest BCUT2D eigenvalue weighted by Gasteiger charge is -2.13. The summed E-state index contributed by atoms with van der Waals surface area (Å²) in [6.45, 7) is 7.13. The highest BCUT2D eigenvalue weighted by Gasteiger charge is 2.09. The van der Waals surface area contributed by atoms with Crippen LogP contribution in [0.3, 0.4) is 0 Å². The number of benzene rings is 2. The van der Waals surface area contributed by atoms with Gasteiger partial charge >= 0.3 is 0 Å². The molecule has 0 amide bonds. The molecule has 2 aromatic rings. The lowest BCUT2D eigenvalue weighted by Crippen LogP contribution is -2.05. The fourth-order valence-corrected chi connectivity index (χ4v) is 3.06. The molecule has 164 valence electrons. The second-order valence-corrected chi connectivity index (χ2v) is 8.06. The van der Waals surface area contributed by atoms with Crippen LogP contribution in [0.25, 0.3) is 0 Å². The van der Waals surface area contributed by atoms with Gasteiger partial charge in [-0.2, -0.15) is 4.39 Å². The third-order valence-corrected chi connectivity index (χ3v) is 4.54. The van der Waals surface area contributed by atoms with Gasteiger partial charge in [-0.1, -0.05) is 11.6 Å². The van der Waals surface area contributed by atoms with E-state index < -0.39 is 4.74 Å². The zero-order valence-corrected chi connectivity index (χ0v) is 19.8. The highest BCUT2D eigenvalue weighted by Crippen LogP contribution is 2.33. The van der Waals surface area contributed by atoms with Crippen LogP contribution < -0.4 is 18.9 Å². The Labute approximate surface area is 191 Å². The average molecular weight is 502 g/mol. The van der Waals surface area contributed by atoms with Crippen molar-refractivity contribution in [3.63, 3.8) is 0 Å². The third-order valence-electron chi connectivity index (χ3n) is 3.94. The molecule has 30 heavy (non-hydrogen) atoms. The molecule has 0 fully saturated rings. The number of aryl methyl sites for hydroxylation is 1. The molecule has 0 spiro atoms. The molecule has 0 unspecified atom stereocenters. The predicted octanol–water partition coefficient (Wildman–Crippen LogP) is 7.26. The first-order chi connectivity index (χ1) is 14.3. The van der Waals surface area contributed by atoms with Gasteiger partial charge in [0.1, 0.15) is 29.6 Å². The summed E-state index contributed by atoms with van der Waals surface area (Å²) in [7, 11) is 0. The molecule has 0 aromatic heterocycles. The van der Waals surface area contributed by atoms with Gasteiger partial charge in [0.25, 0.3) is 0 Å². The Morgan fingerprint density at radius 2 is 1.63 bits per heavy atom. The van der Waals surface area contributed by atoms with E-state index >= 15 is 0 Å². The maximum Gasteiger partial charge on any atom is 0.165 e. The number of hydrogen-bond donors (Lipinski definition) is 0. The third kappa shape index (κ3) is 8.84. The van der Waals surface area contributed by atoms with Gasteiger partial charge in [-0.25, -0.2) is 0 Å². The van der Waals surface area contributed by atoms with E-state index in [2.05, 4.69) is 15.9 Å². The van der Waals surface area contributed by atoms with Crippen molar-refractivity contribution in [2.75, 3.05) is 19.8 Å². The first-order valence-corrected chi connectivity index (χ1v) is 11.0. The van der Waals surface area contributed by atoms with E-state index in [4.69, 9.17) is 30.5 Å². The van der Waals surface area contributed by atoms with Crippen LogP contribution in [0.4, 0.5) is 4.39 Å². The van der Waals surface area contributed by atoms with Crippen LogP contribution in [0.15, 0.2) is 47.2 Å². The molecule has 2 rings (SSSR count). The summed E-state index contributed by atoms with van der Waals surface area (Å²) in [6, 6.07) is 11.1. The second-order valence-electron chi connectivity index (χ2n) is 6.90. The summed E-state index contributed by atoms with van der Waals surface area (Å²) in [5, 5.41) is 0.466. The van der Waals surface area contributed by atoms with Crippen molar-refractivity contribution in [1.82, 2.24) is 0 Å². The Morgan fingerprint density at radius 3 is 2.23 bits per heavy atom. The fraction of sp³-hybridized carbons (Fsp3) is 0.391. The highest BCUT2D eigenvalue weighted by molar-refractivity contribution is 9.11. The van der Waals surface area contributed by atoms with Gasteiger partial charge in [0, 0.05) is 6.07 Å². The first-order valence-electron chi connectivity index (χ1n) is 9.81. The summed E-state index contributed by atoms with van der Waals surface area (Å²) in [4.78, 5) is 0. The maximum absolute atomic E-state index is 12.6. The Bertz CT molecular complexity index is 797. The van der Waals surface area contributed by atoms with Crippen molar-refractivity contribution in [1.29, 1.82) is 0 Å². The van der Waals surface area contributed by atoms with Crippen LogP contribution in [0.2, 0.25) is 5.02 Å². The summed E-state index contributed by atoms with van der Waals surface area (Å²) in [5.74, 6) is 2.85. The van der Waals surface area contributed by atoms with Gasteiger partial charge in [-0.3, -0.25) is 0 Å². The SMILES string of the molecule is Cc1cc(OCC=C(F)Br)cc(Cl)c1OCCCCOc1ccc(OC(C)C)cc1. The molecule has 0 aliphatic carbocycles. The zero-order valence-electron chi connectivity index (χ0n) is 17.4. The Morgan fingerprint density at radius 1 is 1.00 bits per heavy atom. The van der Waals surface area contributed by atoms with Crippen molar-refractivity contribution in [3.05, 3.63) is 57.8 Å². The van der Waals surface area contributed by atoms with E-state index in [1.165, 1.54) is 6.08 Å². The topological polar surface area (TPSA) is 36.9 Å². The van der Waals surface area contributed by atoms with Crippen LogP contribution >= 0.6 is 27.5 Å². The molecular weight excluding hydrogens is 475 g/mol. The summed E-state index contributed by atoms with van der Waals surface area (Å²) in [5.41, 5.74) is 0.862. The normalized spacial score (nSPS) is 11.5. The summed E-state index contributed by atoms with van der Waals surface area (Å²) >= 11 is 9.01. The Kier molecular flexibility index (Phi) is 10.3. The van der Waals surface area contributed by atoms with Gasteiger partial charge in [-0.05, 0) is 91.5 Å². The van der Waals surface area contributed by atoms with Crippen LogP contribution in [0.5, 0.6) is 23.0 Å². The monoisotopic (exact) mass is 500 g/mol. The Balaban J connectivity index is 1.70. The number of halogens is 3. The molecule has 4 nitrogen and oxygen atoms in total. The van der Waals surface area contributed by atoms with E-state index in [0.29, 0.717) is 29.7 Å². The molecule has 0 aliphatic rings. The molecule has 2 aromatic carbocycles. The van der Waals surface area contributed by atoms with Crippen LogP contribution in [0.1, 0.15) is 32.3 Å². The second kappa shape index (κ2) is 12.7. The maximum atomic E-state index is 12.6. The number of ether oxygens (including phenoxy) is 4. The predicted molar refractivity (Wildman–Crippen MR) is 122 cm³/mol. The minimum absolute atomic E-state index is 0.112. The van der Waals surface area contributed by atoms with Crippen molar-refractivity contribution >= 4 is 27.5 Å². The van der Waals surface area contributed by atoms with Crippen molar-refractivity contribution in [2.24, 2.45) is 0 Å². The molecule has 7 heteroatoms. The van der Waals surface area contributed by atoms with E-state index in [9.17, 15) is 4.39 Å². The van der Waals surface area contributed by atoms with E-state index in [1.807, 2.05) is 51.1 Å². The molecule has 0 N–H and O–H groups in total. The summed E-state index contributed by atoms with van der Waals surface area (Å²) in [6.07, 6.45) is 3.12. The van der Waals surface area contributed by atoms with Gasteiger partial charge in [0.05, 0.1) is 24.3 Å². The van der Waals surface area contributed by atoms with Gasteiger partial charge in [0.15, 0.2) is 4.74 Å². The summed E-state index contributed by atoms with van der Waals surface area (Å²) < 4.78 is 34.8.